The van der Waals surface area contributed by atoms with Crippen LogP contribution in [0.3, 0.4) is 0 Å². The minimum absolute atomic E-state index is 0.122. The molecule has 1 saturated heterocycles. The Bertz CT molecular complexity index is 971. The fraction of sp³-hybridized carbons (Fsp3) is 0.364. The number of hydrogen-bond acceptors (Lipinski definition) is 6. The lowest BCUT2D eigenvalue weighted by atomic mass is 10.0. The number of aromatic nitrogens is 1. The molecule has 2 aliphatic heterocycles. The number of Topliss-reactive ketones (excluding diaryl/α,β-unsaturated/α-hetero) is 1. The van der Waals surface area contributed by atoms with Crippen LogP contribution < -0.4 is 10.2 Å². The number of piperazine rings is 1. The van der Waals surface area contributed by atoms with Crippen LogP contribution in [-0.4, -0.2) is 59.7 Å². The summed E-state index contributed by atoms with van der Waals surface area (Å²) in [5.41, 5.74) is 2.27. The van der Waals surface area contributed by atoms with Crippen LogP contribution in [0.2, 0.25) is 0 Å². The summed E-state index contributed by atoms with van der Waals surface area (Å²) in [6.07, 6.45) is 2.52. The topological polar surface area (TPSA) is 82.6 Å². The maximum Gasteiger partial charge on any atom is 0.261 e. The molecular formula is C22H24N4O3. The highest BCUT2D eigenvalue weighted by molar-refractivity contribution is 6.22. The number of amides is 2. The van der Waals surface area contributed by atoms with E-state index in [2.05, 4.69) is 15.2 Å². The fourth-order valence-corrected chi connectivity index (χ4v) is 3.87. The molecule has 1 aromatic carbocycles. The maximum atomic E-state index is 12.7. The van der Waals surface area contributed by atoms with Gasteiger partial charge in [0.1, 0.15) is 5.82 Å². The molecule has 0 saturated carbocycles. The van der Waals surface area contributed by atoms with E-state index in [4.69, 9.17) is 0 Å². The third-order valence-electron chi connectivity index (χ3n) is 5.55. The van der Waals surface area contributed by atoms with Gasteiger partial charge in [0.05, 0.1) is 11.1 Å². The molecule has 2 aliphatic rings. The fourth-order valence-electron chi connectivity index (χ4n) is 3.87. The standard InChI is InChI=1S/C22H24N4O3/c1-14-3-6-20(24-12-14)25-10-8-23-17(13-25)7-9-26-21(28)18-5-4-16(15(2)27)11-19(18)22(26)29/h3-6,11-12,17,23H,7-10,13H2,1-2H3. The lowest BCUT2D eigenvalue weighted by Crippen LogP contribution is -2.52. The first kappa shape index (κ1) is 19.3. The zero-order chi connectivity index (χ0) is 20.5. The third kappa shape index (κ3) is 3.78. The van der Waals surface area contributed by atoms with E-state index in [-0.39, 0.29) is 23.6 Å². The molecule has 2 aromatic rings. The Morgan fingerprint density at radius 2 is 1.97 bits per heavy atom. The van der Waals surface area contributed by atoms with Gasteiger partial charge in [-0.15, -0.1) is 0 Å². The number of imide groups is 1. The molecule has 0 radical (unpaired) electrons. The van der Waals surface area contributed by atoms with Gasteiger partial charge in [-0.2, -0.15) is 0 Å². The summed E-state index contributed by atoms with van der Waals surface area (Å²) in [5, 5.41) is 3.47. The number of carbonyl (C=O) groups excluding carboxylic acids is 3. The molecule has 1 unspecified atom stereocenters. The van der Waals surface area contributed by atoms with Crippen LogP contribution in [0.25, 0.3) is 0 Å². The molecule has 150 valence electrons. The van der Waals surface area contributed by atoms with Crippen molar-refractivity contribution in [1.82, 2.24) is 15.2 Å². The zero-order valence-electron chi connectivity index (χ0n) is 16.6. The van der Waals surface area contributed by atoms with Crippen molar-refractivity contribution in [3.63, 3.8) is 0 Å². The van der Waals surface area contributed by atoms with Gasteiger partial charge in [-0.3, -0.25) is 19.3 Å². The average Bonchev–Trinajstić information content (AvgIpc) is 2.97. The highest BCUT2D eigenvalue weighted by atomic mass is 16.2. The average molecular weight is 392 g/mol. The Morgan fingerprint density at radius 1 is 1.17 bits per heavy atom. The second kappa shape index (κ2) is 7.75. The molecule has 1 atom stereocenters. The normalized spacial score (nSPS) is 18.9. The third-order valence-corrected chi connectivity index (χ3v) is 5.55. The summed E-state index contributed by atoms with van der Waals surface area (Å²) in [7, 11) is 0. The first-order valence-corrected chi connectivity index (χ1v) is 9.86. The van der Waals surface area contributed by atoms with E-state index in [0.717, 1.165) is 31.0 Å². The van der Waals surface area contributed by atoms with Crippen molar-refractivity contribution in [2.45, 2.75) is 26.3 Å². The molecule has 1 fully saturated rings. The van der Waals surface area contributed by atoms with E-state index in [1.807, 2.05) is 25.3 Å². The van der Waals surface area contributed by atoms with Crippen molar-refractivity contribution >= 4 is 23.4 Å². The summed E-state index contributed by atoms with van der Waals surface area (Å²) in [6, 6.07) is 8.94. The lowest BCUT2D eigenvalue weighted by Gasteiger charge is -2.35. The Balaban J connectivity index is 1.41. The summed E-state index contributed by atoms with van der Waals surface area (Å²) in [4.78, 5) is 45.0. The van der Waals surface area contributed by atoms with Crippen LogP contribution >= 0.6 is 0 Å². The van der Waals surface area contributed by atoms with Crippen LogP contribution in [0.15, 0.2) is 36.5 Å². The first-order valence-electron chi connectivity index (χ1n) is 9.86. The number of ketones is 1. The molecule has 0 spiro atoms. The maximum absolute atomic E-state index is 12.7. The number of hydrogen-bond donors (Lipinski definition) is 1. The number of nitrogens with one attached hydrogen (secondary N) is 1. The second-order valence-corrected chi connectivity index (χ2v) is 7.66. The van der Waals surface area contributed by atoms with Gasteiger partial charge < -0.3 is 10.2 Å². The second-order valence-electron chi connectivity index (χ2n) is 7.66. The van der Waals surface area contributed by atoms with Crippen LogP contribution in [-0.2, 0) is 0 Å². The van der Waals surface area contributed by atoms with Gasteiger partial charge in [-0.1, -0.05) is 12.1 Å². The predicted octanol–water partition coefficient (Wildman–Crippen LogP) is 2.06. The Labute approximate surface area is 169 Å². The van der Waals surface area contributed by atoms with E-state index in [0.29, 0.717) is 29.7 Å². The molecule has 0 aliphatic carbocycles. The summed E-state index contributed by atoms with van der Waals surface area (Å²) < 4.78 is 0. The van der Waals surface area contributed by atoms with Crippen molar-refractivity contribution in [3.8, 4) is 0 Å². The Kier molecular flexibility index (Phi) is 5.15. The molecule has 4 rings (SSSR count). The largest absolute Gasteiger partial charge is 0.354 e. The molecule has 1 N–H and O–H groups in total. The Morgan fingerprint density at radius 3 is 2.69 bits per heavy atom. The van der Waals surface area contributed by atoms with E-state index in [9.17, 15) is 14.4 Å². The first-order chi connectivity index (χ1) is 13.9. The van der Waals surface area contributed by atoms with Gasteiger partial charge in [-0.05, 0) is 44.0 Å². The summed E-state index contributed by atoms with van der Waals surface area (Å²) in [5.74, 6) is 0.219. The number of benzene rings is 1. The van der Waals surface area contributed by atoms with E-state index in [1.165, 1.54) is 17.9 Å². The molecule has 1 aromatic heterocycles. The lowest BCUT2D eigenvalue weighted by molar-refractivity contribution is 0.0648. The van der Waals surface area contributed by atoms with E-state index >= 15 is 0 Å². The number of aryl methyl sites for hydroxylation is 1. The molecule has 29 heavy (non-hydrogen) atoms. The van der Waals surface area contributed by atoms with Crippen LogP contribution in [0.5, 0.6) is 0 Å². The van der Waals surface area contributed by atoms with Gasteiger partial charge >= 0.3 is 0 Å². The van der Waals surface area contributed by atoms with Gasteiger partial charge in [-0.25, -0.2) is 4.98 Å². The summed E-state index contributed by atoms with van der Waals surface area (Å²) >= 11 is 0. The predicted molar refractivity (Wildman–Crippen MR) is 109 cm³/mol. The van der Waals surface area contributed by atoms with Crippen molar-refractivity contribution in [2.75, 3.05) is 31.1 Å². The number of nitrogens with zero attached hydrogens (tertiary/aromatic N) is 3. The van der Waals surface area contributed by atoms with Crippen molar-refractivity contribution in [2.24, 2.45) is 0 Å². The number of pyridine rings is 1. The monoisotopic (exact) mass is 392 g/mol. The van der Waals surface area contributed by atoms with Crippen LogP contribution in [0.1, 0.15) is 50.0 Å². The minimum Gasteiger partial charge on any atom is -0.354 e. The molecule has 2 amide bonds. The van der Waals surface area contributed by atoms with Crippen LogP contribution in [0, 0.1) is 6.92 Å². The van der Waals surface area contributed by atoms with Gasteiger partial charge in [0.2, 0.25) is 0 Å². The van der Waals surface area contributed by atoms with Gasteiger partial charge in [0.25, 0.3) is 11.8 Å². The highest BCUT2D eigenvalue weighted by Crippen LogP contribution is 2.25. The Hall–Kier alpha value is -3.06. The number of carbonyl (C=O) groups is 3. The quantitative estimate of drug-likeness (QED) is 0.620. The smallest absolute Gasteiger partial charge is 0.261 e. The van der Waals surface area contributed by atoms with Crippen molar-refractivity contribution in [3.05, 3.63) is 58.8 Å². The molecule has 7 heteroatoms. The van der Waals surface area contributed by atoms with Crippen molar-refractivity contribution < 1.29 is 14.4 Å². The van der Waals surface area contributed by atoms with Gasteiger partial charge in [0, 0.05) is 44.0 Å². The summed E-state index contributed by atoms with van der Waals surface area (Å²) in [6.45, 7) is 6.27. The molecular weight excluding hydrogens is 368 g/mol. The van der Waals surface area contributed by atoms with E-state index in [1.54, 1.807) is 12.1 Å². The molecule has 0 bridgehead atoms. The highest BCUT2D eigenvalue weighted by Gasteiger charge is 2.36. The number of rotatable bonds is 5. The minimum atomic E-state index is -0.319. The number of fused-ring (bicyclic) bond motifs is 1. The number of anilines is 1. The van der Waals surface area contributed by atoms with Gasteiger partial charge in [0.15, 0.2) is 5.78 Å². The van der Waals surface area contributed by atoms with Crippen LogP contribution in [0.4, 0.5) is 5.82 Å². The van der Waals surface area contributed by atoms with E-state index < -0.39 is 0 Å². The zero-order valence-corrected chi connectivity index (χ0v) is 16.6. The van der Waals surface area contributed by atoms with Crippen molar-refractivity contribution in [1.29, 1.82) is 0 Å². The SMILES string of the molecule is CC(=O)c1ccc2c(c1)C(=O)N(CCC1CN(c3ccc(C)cn3)CCN1)C2=O. The molecule has 3 heterocycles. The molecule has 7 nitrogen and oxygen atoms in total.